The van der Waals surface area contributed by atoms with Gasteiger partial charge in [-0.1, -0.05) is 12.1 Å². The van der Waals surface area contributed by atoms with E-state index in [1.807, 2.05) is 0 Å². The molecule has 0 N–H and O–H groups in total. The zero-order valence-corrected chi connectivity index (χ0v) is 21.0. The maximum atomic E-state index is 13.0. The summed E-state index contributed by atoms with van der Waals surface area (Å²) in [5.41, 5.74) is 1.22. The monoisotopic (exact) mass is 555 g/mol. The lowest BCUT2D eigenvalue weighted by molar-refractivity contribution is -0.757. The number of halogens is 3. The summed E-state index contributed by atoms with van der Waals surface area (Å²) in [4.78, 5) is 26.2. The summed E-state index contributed by atoms with van der Waals surface area (Å²) in [6.07, 6.45) is -2.47. The van der Waals surface area contributed by atoms with Crippen LogP contribution in [0.25, 0.3) is 16.9 Å². The number of ether oxygens (including phenoxy) is 1. The fraction of sp³-hybridized carbons (Fsp3) is 0.333. The molecule has 0 radical (unpaired) electrons. The molecule has 3 aromatic rings. The minimum absolute atomic E-state index is 0.0250. The van der Waals surface area contributed by atoms with Crippen LogP contribution in [0.4, 0.5) is 13.2 Å². The van der Waals surface area contributed by atoms with E-state index in [1.165, 1.54) is 28.9 Å². The Balaban J connectivity index is 1.76. The summed E-state index contributed by atoms with van der Waals surface area (Å²) in [6.45, 7) is -0.210. The molecule has 0 unspecified atom stereocenters. The molecule has 1 aromatic heterocycles. The van der Waals surface area contributed by atoms with Gasteiger partial charge in [0.1, 0.15) is 0 Å². The van der Waals surface area contributed by atoms with Crippen LogP contribution in [0.3, 0.4) is 0 Å². The van der Waals surface area contributed by atoms with Gasteiger partial charge in [-0.25, -0.2) is 13.1 Å². The third kappa shape index (κ3) is 8.03. The molecule has 3 rings (SSSR count). The van der Waals surface area contributed by atoms with Crippen molar-refractivity contribution in [1.29, 1.82) is 0 Å². The van der Waals surface area contributed by atoms with Gasteiger partial charge in [-0.2, -0.15) is 18.3 Å². The standard InChI is InChI=1S/C24H24F3N3O7S/c1-38(34,35)21-12-6-17(7-13-21)22-16-19(4-2-5-23(31)36-14-3-15-37-30(32)33)28-29(22)20-10-8-18(9-11-20)24(25,26)27/h6-13,16H,2-5,14-15H2,1H3. The lowest BCUT2D eigenvalue weighted by Crippen LogP contribution is -2.10. The van der Waals surface area contributed by atoms with Gasteiger partial charge in [0.05, 0.1) is 40.7 Å². The van der Waals surface area contributed by atoms with E-state index in [0.29, 0.717) is 35.5 Å². The fourth-order valence-electron chi connectivity index (χ4n) is 3.49. The van der Waals surface area contributed by atoms with Crippen molar-refractivity contribution >= 4 is 15.8 Å². The first-order chi connectivity index (χ1) is 17.8. The van der Waals surface area contributed by atoms with Crippen molar-refractivity contribution in [3.8, 4) is 16.9 Å². The lowest BCUT2D eigenvalue weighted by Gasteiger charge is -2.10. The molecule has 0 saturated carbocycles. The van der Waals surface area contributed by atoms with Gasteiger partial charge in [0.15, 0.2) is 9.84 Å². The van der Waals surface area contributed by atoms with Gasteiger partial charge in [0.25, 0.3) is 5.09 Å². The molecule has 14 heteroatoms. The molecule has 0 atom stereocenters. The molecule has 0 spiro atoms. The first-order valence-corrected chi connectivity index (χ1v) is 13.2. The van der Waals surface area contributed by atoms with Crippen molar-refractivity contribution < 1.29 is 41.0 Å². The van der Waals surface area contributed by atoms with Crippen LogP contribution in [0.2, 0.25) is 0 Å². The Hall–Kier alpha value is -3.94. The van der Waals surface area contributed by atoms with Gasteiger partial charge in [0.2, 0.25) is 0 Å². The Morgan fingerprint density at radius 1 is 1.05 bits per heavy atom. The number of aryl methyl sites for hydroxylation is 1. The highest BCUT2D eigenvalue weighted by Gasteiger charge is 2.30. The van der Waals surface area contributed by atoms with Crippen LogP contribution in [-0.4, -0.2) is 48.7 Å². The second kappa shape index (κ2) is 12.1. The van der Waals surface area contributed by atoms with Crippen LogP contribution in [0.15, 0.2) is 59.5 Å². The number of carbonyl (C=O) groups excluding carboxylic acids is 1. The Morgan fingerprint density at radius 3 is 2.29 bits per heavy atom. The van der Waals surface area contributed by atoms with Crippen molar-refractivity contribution in [1.82, 2.24) is 9.78 Å². The van der Waals surface area contributed by atoms with Gasteiger partial charge in [-0.15, -0.1) is 10.1 Å². The van der Waals surface area contributed by atoms with Gasteiger partial charge >= 0.3 is 12.1 Å². The Labute approximate surface area is 216 Å². The summed E-state index contributed by atoms with van der Waals surface area (Å²) >= 11 is 0. The molecule has 1 heterocycles. The molecule has 10 nitrogen and oxygen atoms in total. The van der Waals surface area contributed by atoms with Crippen LogP contribution in [0.1, 0.15) is 30.5 Å². The van der Waals surface area contributed by atoms with E-state index < -0.39 is 32.6 Å². The van der Waals surface area contributed by atoms with Crippen LogP contribution in [0, 0.1) is 10.1 Å². The summed E-state index contributed by atoms with van der Waals surface area (Å²) in [6, 6.07) is 12.2. The van der Waals surface area contributed by atoms with E-state index in [0.717, 1.165) is 18.4 Å². The third-order valence-electron chi connectivity index (χ3n) is 5.34. The van der Waals surface area contributed by atoms with Gasteiger partial charge in [-0.3, -0.25) is 4.79 Å². The molecule has 2 aromatic carbocycles. The van der Waals surface area contributed by atoms with E-state index in [2.05, 4.69) is 9.94 Å². The van der Waals surface area contributed by atoms with E-state index in [9.17, 15) is 36.5 Å². The van der Waals surface area contributed by atoms with Crippen LogP contribution >= 0.6 is 0 Å². The summed E-state index contributed by atoms with van der Waals surface area (Å²) in [5.74, 6) is -0.495. The maximum absolute atomic E-state index is 13.0. The number of rotatable bonds is 12. The topological polar surface area (TPSA) is 131 Å². The van der Waals surface area contributed by atoms with Crippen molar-refractivity contribution in [2.75, 3.05) is 19.5 Å². The highest BCUT2D eigenvalue weighted by molar-refractivity contribution is 7.90. The number of benzene rings is 2. The van der Waals surface area contributed by atoms with Crippen LogP contribution in [-0.2, 0) is 36.8 Å². The molecule has 38 heavy (non-hydrogen) atoms. The first kappa shape index (κ1) is 28.6. The average molecular weight is 556 g/mol. The molecular weight excluding hydrogens is 531 g/mol. The molecular formula is C24H24F3N3O7S. The highest BCUT2D eigenvalue weighted by Crippen LogP contribution is 2.31. The predicted octanol–water partition coefficient (Wildman–Crippen LogP) is 4.43. The fourth-order valence-corrected chi connectivity index (χ4v) is 4.12. The molecule has 0 fully saturated rings. The largest absolute Gasteiger partial charge is 0.466 e. The third-order valence-corrected chi connectivity index (χ3v) is 6.47. The second-order valence-corrected chi connectivity index (χ2v) is 10.3. The molecule has 0 aliphatic carbocycles. The Kier molecular flexibility index (Phi) is 9.09. The number of nitrogens with zero attached hydrogens (tertiary/aromatic N) is 3. The zero-order valence-electron chi connectivity index (χ0n) is 20.2. The quantitative estimate of drug-likeness (QED) is 0.139. The van der Waals surface area contributed by atoms with Gasteiger partial charge in [-0.05, 0) is 55.3 Å². The van der Waals surface area contributed by atoms with Gasteiger partial charge in [0, 0.05) is 24.7 Å². The Bertz CT molecular complexity index is 1370. The molecule has 0 bridgehead atoms. The lowest BCUT2D eigenvalue weighted by atomic mass is 10.1. The number of sulfone groups is 1. The number of alkyl halides is 3. The van der Waals surface area contributed by atoms with Crippen LogP contribution < -0.4 is 0 Å². The van der Waals surface area contributed by atoms with E-state index in [1.54, 1.807) is 18.2 Å². The summed E-state index contributed by atoms with van der Waals surface area (Å²) in [5, 5.41) is 13.7. The smallest absolute Gasteiger partial charge is 0.416 e. The minimum Gasteiger partial charge on any atom is -0.466 e. The highest BCUT2D eigenvalue weighted by atomic mass is 32.2. The second-order valence-electron chi connectivity index (χ2n) is 8.26. The normalized spacial score (nSPS) is 11.8. The van der Waals surface area contributed by atoms with E-state index in [-0.39, 0.29) is 31.0 Å². The molecule has 0 amide bonds. The zero-order chi connectivity index (χ0) is 27.9. The summed E-state index contributed by atoms with van der Waals surface area (Å²) in [7, 11) is -3.42. The van der Waals surface area contributed by atoms with Crippen molar-refractivity contribution in [2.45, 2.75) is 36.8 Å². The minimum atomic E-state index is -4.49. The first-order valence-electron chi connectivity index (χ1n) is 11.3. The SMILES string of the molecule is CS(=O)(=O)c1ccc(-c2cc(CCCC(=O)OCCCO[N+](=O)[O-])nn2-c2ccc(C(F)(F)F)cc2)cc1. The number of hydrogen-bond donors (Lipinski definition) is 0. The van der Waals surface area contributed by atoms with Crippen molar-refractivity contribution in [2.24, 2.45) is 0 Å². The molecule has 0 aliphatic heterocycles. The van der Waals surface area contributed by atoms with Crippen LogP contribution in [0.5, 0.6) is 0 Å². The molecule has 0 saturated heterocycles. The number of esters is 1. The number of hydrogen-bond acceptors (Lipinski definition) is 8. The Morgan fingerprint density at radius 2 is 1.71 bits per heavy atom. The predicted molar refractivity (Wildman–Crippen MR) is 129 cm³/mol. The van der Waals surface area contributed by atoms with Crippen molar-refractivity contribution in [3.63, 3.8) is 0 Å². The molecule has 204 valence electrons. The average Bonchev–Trinajstić information content (AvgIpc) is 3.27. The number of carbonyl (C=O) groups is 1. The maximum Gasteiger partial charge on any atom is 0.416 e. The van der Waals surface area contributed by atoms with Crippen molar-refractivity contribution in [3.05, 3.63) is 76.0 Å². The molecule has 0 aliphatic rings. The summed E-state index contributed by atoms with van der Waals surface area (Å²) < 4.78 is 69.1. The van der Waals surface area contributed by atoms with E-state index in [4.69, 9.17) is 4.74 Å². The van der Waals surface area contributed by atoms with E-state index >= 15 is 0 Å². The van der Waals surface area contributed by atoms with Gasteiger partial charge < -0.3 is 9.57 Å². The number of aromatic nitrogens is 2.